The highest BCUT2D eigenvalue weighted by Crippen LogP contribution is 2.33. The lowest BCUT2D eigenvalue weighted by Crippen LogP contribution is -2.22. The molecule has 0 aromatic heterocycles. The van der Waals surface area contributed by atoms with Gasteiger partial charge >= 0.3 is 0 Å². The van der Waals surface area contributed by atoms with Crippen molar-refractivity contribution in [3.8, 4) is 0 Å². The first-order chi connectivity index (χ1) is 8.70. The molecule has 0 spiro atoms. The van der Waals surface area contributed by atoms with Gasteiger partial charge in [-0.05, 0) is 31.5 Å². The van der Waals surface area contributed by atoms with Gasteiger partial charge in [-0.25, -0.2) is 0 Å². The molecule has 0 unspecified atom stereocenters. The second kappa shape index (κ2) is 4.59. The van der Waals surface area contributed by atoms with Crippen LogP contribution in [0.2, 0.25) is 5.02 Å². The number of benzene rings is 1. The quantitative estimate of drug-likeness (QED) is 0.847. The molecular weight excluding hydrogens is 292 g/mol. The lowest BCUT2D eigenvalue weighted by atomic mass is 10.2. The van der Waals surface area contributed by atoms with Gasteiger partial charge in [0.2, 0.25) is 0 Å². The van der Waals surface area contributed by atoms with Gasteiger partial charge in [0, 0.05) is 10.7 Å². The fraction of sp³-hybridized carbons (Fsp3) is 0.273. The topological polar surface area (TPSA) is 87.0 Å². The first-order valence-electron chi connectivity index (χ1n) is 5.35. The molecule has 0 aliphatic carbocycles. The van der Waals surface area contributed by atoms with Crippen molar-refractivity contribution < 1.29 is 17.8 Å². The molecule has 1 aliphatic heterocycles. The fourth-order valence-corrected chi connectivity index (χ4v) is 2.67. The summed E-state index contributed by atoms with van der Waals surface area (Å²) >= 11 is 5.85. The Kier molecular flexibility index (Phi) is 3.38. The van der Waals surface area contributed by atoms with Gasteiger partial charge in [-0.3, -0.25) is 9.35 Å². The Morgan fingerprint density at radius 2 is 2.00 bits per heavy atom. The van der Waals surface area contributed by atoms with E-state index in [0.29, 0.717) is 11.3 Å². The van der Waals surface area contributed by atoms with E-state index in [1.165, 1.54) is 6.07 Å². The van der Waals surface area contributed by atoms with Gasteiger partial charge in [0.15, 0.2) is 0 Å². The van der Waals surface area contributed by atoms with Crippen LogP contribution in [-0.4, -0.2) is 24.6 Å². The van der Waals surface area contributed by atoms with Gasteiger partial charge in [-0.15, -0.1) is 0 Å². The molecule has 19 heavy (non-hydrogen) atoms. The van der Waals surface area contributed by atoms with Crippen LogP contribution in [0.3, 0.4) is 0 Å². The van der Waals surface area contributed by atoms with Gasteiger partial charge in [-0.1, -0.05) is 11.6 Å². The summed E-state index contributed by atoms with van der Waals surface area (Å²) in [4.78, 5) is 11.3. The van der Waals surface area contributed by atoms with Crippen LogP contribution in [0.1, 0.15) is 18.9 Å². The Hall–Kier alpha value is -1.44. The highest BCUT2D eigenvalue weighted by Gasteiger charge is 2.29. The van der Waals surface area contributed by atoms with Crippen LogP contribution in [0.15, 0.2) is 22.1 Å². The largest absolute Gasteiger partial charge is 0.296 e. The first kappa shape index (κ1) is 14.0. The van der Waals surface area contributed by atoms with Crippen LogP contribution < -0.4 is 5.01 Å². The van der Waals surface area contributed by atoms with Crippen LogP contribution in [0.25, 0.3) is 0 Å². The third-order valence-corrected chi connectivity index (χ3v) is 3.95. The van der Waals surface area contributed by atoms with Crippen molar-refractivity contribution in [1.82, 2.24) is 0 Å². The standard InChI is InChI=1S/C11H11ClN2O4S/c1-6-3-9(14-11(15)4-7(2)13-14)10(5-8(6)12)19(16,17)18/h3,5H,4H2,1-2H3,(H,16,17,18). The zero-order valence-corrected chi connectivity index (χ0v) is 11.8. The predicted octanol–water partition coefficient (Wildman–Crippen LogP) is 2.01. The molecule has 0 saturated heterocycles. The summed E-state index contributed by atoms with van der Waals surface area (Å²) in [5.74, 6) is -0.357. The SMILES string of the molecule is CC1=NN(c2cc(C)c(Cl)cc2S(=O)(=O)O)C(=O)C1. The maximum Gasteiger partial charge on any atom is 0.296 e. The molecule has 0 saturated carbocycles. The Morgan fingerprint density at radius 1 is 1.37 bits per heavy atom. The smallest absolute Gasteiger partial charge is 0.282 e. The monoisotopic (exact) mass is 302 g/mol. The Bertz CT molecular complexity index is 697. The van der Waals surface area contributed by atoms with E-state index in [0.717, 1.165) is 11.1 Å². The van der Waals surface area contributed by atoms with Gasteiger partial charge in [0.05, 0.1) is 12.1 Å². The van der Waals surface area contributed by atoms with Crippen molar-refractivity contribution in [2.45, 2.75) is 25.2 Å². The molecule has 0 atom stereocenters. The third kappa shape index (κ3) is 2.63. The Balaban J connectivity index is 2.69. The van der Waals surface area contributed by atoms with Crippen LogP contribution in [0.5, 0.6) is 0 Å². The second-order valence-electron chi connectivity index (χ2n) is 4.26. The van der Waals surface area contributed by atoms with Gasteiger partial charge in [0.1, 0.15) is 4.90 Å². The molecule has 1 aromatic carbocycles. The number of hydrogen-bond acceptors (Lipinski definition) is 4. The van der Waals surface area contributed by atoms with E-state index in [9.17, 15) is 17.8 Å². The summed E-state index contributed by atoms with van der Waals surface area (Å²) in [6, 6.07) is 2.52. The molecule has 8 heteroatoms. The van der Waals surface area contributed by atoms with Crippen LogP contribution in [0, 0.1) is 6.92 Å². The van der Waals surface area contributed by atoms with Crippen LogP contribution in [-0.2, 0) is 14.9 Å². The van der Waals surface area contributed by atoms with Crippen molar-refractivity contribution in [2.75, 3.05) is 5.01 Å². The maximum absolute atomic E-state index is 11.8. The third-order valence-electron chi connectivity index (χ3n) is 2.66. The molecule has 0 bridgehead atoms. The van der Waals surface area contributed by atoms with Crippen LogP contribution >= 0.6 is 11.6 Å². The summed E-state index contributed by atoms with van der Waals surface area (Å²) in [6.07, 6.45) is 0.118. The van der Waals surface area contributed by atoms with E-state index in [4.69, 9.17) is 11.6 Å². The molecule has 2 rings (SSSR count). The average Bonchev–Trinajstić information content (AvgIpc) is 2.59. The molecule has 1 aromatic rings. The van der Waals surface area contributed by atoms with Crippen molar-refractivity contribution in [3.05, 3.63) is 22.7 Å². The lowest BCUT2D eigenvalue weighted by molar-refractivity contribution is -0.116. The summed E-state index contributed by atoms with van der Waals surface area (Å²) in [5, 5.41) is 5.12. The minimum Gasteiger partial charge on any atom is -0.282 e. The van der Waals surface area contributed by atoms with Crippen molar-refractivity contribution in [3.63, 3.8) is 0 Å². The van der Waals surface area contributed by atoms with E-state index in [1.54, 1.807) is 13.8 Å². The van der Waals surface area contributed by atoms with Gasteiger partial charge in [-0.2, -0.15) is 18.5 Å². The summed E-state index contributed by atoms with van der Waals surface area (Å²) in [7, 11) is -4.50. The number of hydrazone groups is 1. The number of halogens is 1. The van der Waals surface area contributed by atoms with Gasteiger partial charge < -0.3 is 0 Å². The number of amides is 1. The zero-order chi connectivity index (χ0) is 14.4. The predicted molar refractivity (Wildman–Crippen MR) is 71.2 cm³/mol. The number of rotatable bonds is 2. The van der Waals surface area contributed by atoms with E-state index in [-0.39, 0.29) is 23.0 Å². The second-order valence-corrected chi connectivity index (χ2v) is 6.06. The molecule has 102 valence electrons. The van der Waals surface area contributed by atoms with E-state index in [1.807, 2.05) is 0 Å². The summed E-state index contributed by atoms with van der Waals surface area (Å²) in [6.45, 7) is 3.32. The van der Waals surface area contributed by atoms with Crippen molar-refractivity contribution in [1.29, 1.82) is 0 Å². The number of carbonyl (C=O) groups excluding carboxylic acids is 1. The molecule has 1 N–H and O–H groups in total. The fourth-order valence-electron chi connectivity index (χ4n) is 1.76. The van der Waals surface area contributed by atoms with E-state index < -0.39 is 15.0 Å². The van der Waals surface area contributed by atoms with E-state index in [2.05, 4.69) is 5.10 Å². The first-order valence-corrected chi connectivity index (χ1v) is 7.16. The summed E-state index contributed by atoms with van der Waals surface area (Å²) < 4.78 is 32.0. The lowest BCUT2D eigenvalue weighted by Gasteiger charge is -2.16. The maximum atomic E-state index is 11.8. The van der Waals surface area contributed by atoms with Crippen molar-refractivity contribution in [2.24, 2.45) is 5.10 Å². The van der Waals surface area contributed by atoms with Crippen molar-refractivity contribution >= 4 is 39.0 Å². The average molecular weight is 303 g/mol. The number of aryl methyl sites for hydroxylation is 1. The number of hydrogen-bond donors (Lipinski definition) is 1. The van der Waals surface area contributed by atoms with Gasteiger partial charge in [0.25, 0.3) is 16.0 Å². The minimum atomic E-state index is -4.50. The molecule has 1 heterocycles. The number of nitrogens with zero attached hydrogens (tertiary/aromatic N) is 2. The number of carbonyl (C=O) groups is 1. The number of anilines is 1. The highest BCUT2D eigenvalue weighted by atomic mass is 35.5. The van der Waals surface area contributed by atoms with E-state index >= 15 is 0 Å². The molecule has 0 radical (unpaired) electrons. The molecule has 1 amide bonds. The molecular formula is C11H11ClN2O4S. The highest BCUT2D eigenvalue weighted by molar-refractivity contribution is 7.86. The Labute approximate surface area is 115 Å². The molecule has 1 aliphatic rings. The zero-order valence-electron chi connectivity index (χ0n) is 10.2. The normalized spacial score (nSPS) is 15.9. The molecule has 6 nitrogen and oxygen atoms in total. The minimum absolute atomic E-state index is 0.00579. The van der Waals surface area contributed by atoms with Crippen LogP contribution in [0.4, 0.5) is 5.69 Å². The summed E-state index contributed by atoms with van der Waals surface area (Å²) in [5.41, 5.74) is 1.15. The Morgan fingerprint density at radius 3 is 2.47 bits per heavy atom. The molecule has 0 fully saturated rings.